The molecule has 11 heteroatoms. The minimum atomic E-state index is -3.87. The van der Waals surface area contributed by atoms with E-state index < -0.39 is 48.9 Å². The van der Waals surface area contributed by atoms with Gasteiger partial charge in [0.15, 0.2) is 6.10 Å². The summed E-state index contributed by atoms with van der Waals surface area (Å²) in [5, 5.41) is 8.47. The number of nitriles is 1. The van der Waals surface area contributed by atoms with E-state index in [1.807, 2.05) is 0 Å². The van der Waals surface area contributed by atoms with Gasteiger partial charge in [-0.2, -0.15) is 14.0 Å². The second-order valence-electron chi connectivity index (χ2n) is 4.72. The van der Waals surface area contributed by atoms with Crippen LogP contribution in [0.2, 0.25) is 0 Å². The number of amides is 2. The second kappa shape index (κ2) is 7.69. The molecule has 3 atom stereocenters. The molecule has 2 amide bonds. The largest absolute Gasteiger partial charge is 0.463 e. The Bertz CT molecular complexity index is 589. The van der Waals surface area contributed by atoms with Crippen LogP contribution in [-0.2, 0) is 23.8 Å². The standard InChI is InChI=1S/C13H15F2N3O6/c1-7(19)22-6-9-10(23-8(2)20)13(14,15)11(24-9)18(12(17)21)5-3-4-16/h3,5,9-11H,6H2,1-2H3,(H2,17,21)/b5-3-/t9-,10?,11+/m1/s1. The molecule has 1 saturated heterocycles. The number of hydrogen-bond donors (Lipinski definition) is 1. The summed E-state index contributed by atoms with van der Waals surface area (Å²) in [5.41, 5.74) is 5.01. The van der Waals surface area contributed by atoms with E-state index in [2.05, 4.69) is 9.47 Å². The van der Waals surface area contributed by atoms with Gasteiger partial charge in [0, 0.05) is 26.1 Å². The van der Waals surface area contributed by atoms with Gasteiger partial charge in [-0.1, -0.05) is 0 Å². The number of alkyl halides is 2. The van der Waals surface area contributed by atoms with Crippen LogP contribution in [-0.4, -0.2) is 53.8 Å². The molecule has 1 aliphatic rings. The molecule has 0 saturated carbocycles. The van der Waals surface area contributed by atoms with Crippen molar-refractivity contribution in [3.05, 3.63) is 12.3 Å². The molecule has 0 aromatic carbocycles. The first-order valence-corrected chi connectivity index (χ1v) is 6.59. The lowest BCUT2D eigenvalue weighted by atomic mass is 10.1. The van der Waals surface area contributed by atoms with Crippen LogP contribution in [0.3, 0.4) is 0 Å². The van der Waals surface area contributed by atoms with E-state index in [0.29, 0.717) is 6.20 Å². The molecular weight excluding hydrogens is 332 g/mol. The van der Waals surface area contributed by atoms with Crippen LogP contribution in [0, 0.1) is 11.3 Å². The average molecular weight is 347 g/mol. The molecule has 1 heterocycles. The number of allylic oxidation sites excluding steroid dienone is 1. The average Bonchev–Trinajstić information content (AvgIpc) is 2.69. The molecule has 1 fully saturated rings. The van der Waals surface area contributed by atoms with Crippen molar-refractivity contribution < 1.29 is 37.4 Å². The summed E-state index contributed by atoms with van der Waals surface area (Å²) >= 11 is 0. The molecular formula is C13H15F2N3O6. The van der Waals surface area contributed by atoms with Crippen molar-refractivity contribution in [2.45, 2.75) is 38.2 Å². The van der Waals surface area contributed by atoms with Crippen LogP contribution in [0.5, 0.6) is 0 Å². The van der Waals surface area contributed by atoms with E-state index in [1.54, 1.807) is 0 Å². The lowest BCUT2D eigenvalue weighted by Gasteiger charge is -2.28. The number of halogens is 2. The van der Waals surface area contributed by atoms with E-state index in [0.717, 1.165) is 19.9 Å². The summed E-state index contributed by atoms with van der Waals surface area (Å²) in [4.78, 5) is 33.6. The first-order chi connectivity index (χ1) is 11.1. The number of carbonyl (C=O) groups is 3. The SMILES string of the molecule is CC(=O)OC[C@H]1O[C@H](N(/C=C\C#N)C(N)=O)C(F)(F)C1OC(C)=O. The summed E-state index contributed by atoms with van der Waals surface area (Å²) in [7, 11) is 0. The molecule has 0 spiro atoms. The Hall–Kier alpha value is -2.74. The number of primary amides is 1. The number of hydrogen-bond acceptors (Lipinski definition) is 7. The molecule has 132 valence electrons. The fourth-order valence-corrected chi connectivity index (χ4v) is 2.01. The molecule has 0 aromatic rings. The first kappa shape index (κ1) is 19.3. The quantitative estimate of drug-likeness (QED) is 0.557. The zero-order valence-corrected chi connectivity index (χ0v) is 12.8. The van der Waals surface area contributed by atoms with Crippen LogP contribution in [0.1, 0.15) is 13.8 Å². The maximum absolute atomic E-state index is 14.5. The lowest BCUT2D eigenvalue weighted by molar-refractivity contribution is -0.175. The molecule has 1 aliphatic heterocycles. The normalized spacial score (nSPS) is 25.0. The van der Waals surface area contributed by atoms with E-state index in [4.69, 9.17) is 15.7 Å². The maximum Gasteiger partial charge on any atom is 0.331 e. The smallest absolute Gasteiger partial charge is 0.331 e. The monoisotopic (exact) mass is 347 g/mol. The predicted octanol–water partition coefficient (Wildman–Crippen LogP) is 0.259. The highest BCUT2D eigenvalue weighted by molar-refractivity contribution is 5.73. The van der Waals surface area contributed by atoms with Crippen LogP contribution < -0.4 is 5.73 Å². The van der Waals surface area contributed by atoms with Crippen molar-refractivity contribution in [1.82, 2.24) is 4.90 Å². The number of urea groups is 1. The lowest BCUT2D eigenvalue weighted by Crippen LogP contribution is -2.51. The van der Waals surface area contributed by atoms with Crippen LogP contribution in [0.4, 0.5) is 13.6 Å². The van der Waals surface area contributed by atoms with Crippen molar-refractivity contribution in [2.75, 3.05) is 6.61 Å². The van der Waals surface area contributed by atoms with E-state index in [1.165, 1.54) is 6.07 Å². The van der Waals surface area contributed by atoms with E-state index in [9.17, 15) is 23.2 Å². The molecule has 0 bridgehead atoms. The predicted molar refractivity (Wildman–Crippen MR) is 72.0 cm³/mol. The number of rotatable bonds is 5. The summed E-state index contributed by atoms with van der Waals surface area (Å²) in [6.45, 7) is 1.33. The Balaban J connectivity index is 3.15. The number of ether oxygens (including phenoxy) is 3. The molecule has 0 aliphatic carbocycles. The minimum absolute atomic E-state index is 0.285. The fourth-order valence-electron chi connectivity index (χ4n) is 2.01. The van der Waals surface area contributed by atoms with Gasteiger partial charge in [-0.05, 0) is 0 Å². The summed E-state index contributed by atoms with van der Waals surface area (Å²) in [5.74, 6) is -5.65. The summed E-state index contributed by atoms with van der Waals surface area (Å²) in [6, 6.07) is 0.195. The summed E-state index contributed by atoms with van der Waals surface area (Å²) in [6.07, 6.45) is -4.44. The van der Waals surface area contributed by atoms with Gasteiger partial charge in [-0.15, -0.1) is 0 Å². The highest BCUT2D eigenvalue weighted by Gasteiger charge is 2.63. The number of carbonyl (C=O) groups excluding carboxylic acids is 3. The maximum atomic E-state index is 14.5. The van der Waals surface area contributed by atoms with Gasteiger partial charge in [0.2, 0.25) is 6.23 Å². The van der Waals surface area contributed by atoms with Gasteiger partial charge in [0.1, 0.15) is 12.7 Å². The Morgan fingerprint density at radius 3 is 2.46 bits per heavy atom. The number of nitrogens with zero attached hydrogens (tertiary/aromatic N) is 2. The molecule has 2 N–H and O–H groups in total. The third kappa shape index (κ3) is 4.39. The first-order valence-electron chi connectivity index (χ1n) is 6.59. The van der Waals surface area contributed by atoms with Crippen LogP contribution >= 0.6 is 0 Å². The molecule has 0 aromatic heterocycles. The molecule has 1 unspecified atom stereocenters. The number of nitrogens with two attached hydrogens (primary N) is 1. The van der Waals surface area contributed by atoms with E-state index in [-0.39, 0.29) is 4.90 Å². The number of esters is 2. The topological polar surface area (TPSA) is 132 Å². The highest BCUT2D eigenvalue weighted by Crippen LogP contribution is 2.40. The Labute approximate surface area is 135 Å². The molecule has 1 rings (SSSR count). The van der Waals surface area contributed by atoms with Gasteiger partial charge in [0.05, 0.1) is 6.07 Å². The van der Waals surface area contributed by atoms with Crippen LogP contribution in [0.25, 0.3) is 0 Å². The Morgan fingerprint density at radius 2 is 2.00 bits per heavy atom. The van der Waals surface area contributed by atoms with Crippen molar-refractivity contribution in [3.63, 3.8) is 0 Å². The third-order valence-electron chi connectivity index (χ3n) is 2.91. The fraction of sp³-hybridized carbons (Fsp3) is 0.538. The van der Waals surface area contributed by atoms with Gasteiger partial charge in [-0.25, -0.2) is 4.79 Å². The van der Waals surface area contributed by atoms with Gasteiger partial charge >= 0.3 is 23.9 Å². The Morgan fingerprint density at radius 1 is 1.38 bits per heavy atom. The second-order valence-corrected chi connectivity index (χ2v) is 4.72. The van der Waals surface area contributed by atoms with Crippen molar-refractivity contribution in [2.24, 2.45) is 5.73 Å². The van der Waals surface area contributed by atoms with Gasteiger partial charge in [-0.3, -0.25) is 14.5 Å². The van der Waals surface area contributed by atoms with Gasteiger partial charge < -0.3 is 19.9 Å². The van der Waals surface area contributed by atoms with Crippen molar-refractivity contribution >= 4 is 18.0 Å². The minimum Gasteiger partial charge on any atom is -0.463 e. The van der Waals surface area contributed by atoms with E-state index >= 15 is 0 Å². The molecule has 9 nitrogen and oxygen atoms in total. The molecule has 0 radical (unpaired) electrons. The zero-order chi connectivity index (χ0) is 18.5. The van der Waals surface area contributed by atoms with Crippen molar-refractivity contribution in [3.8, 4) is 6.07 Å². The summed E-state index contributed by atoms with van der Waals surface area (Å²) < 4.78 is 43.3. The zero-order valence-electron chi connectivity index (χ0n) is 12.8. The highest BCUT2D eigenvalue weighted by atomic mass is 19.3. The van der Waals surface area contributed by atoms with Crippen molar-refractivity contribution in [1.29, 1.82) is 5.26 Å². The third-order valence-corrected chi connectivity index (χ3v) is 2.91. The Kier molecular flexibility index (Phi) is 6.19. The van der Waals surface area contributed by atoms with Crippen LogP contribution in [0.15, 0.2) is 12.3 Å². The molecule has 24 heavy (non-hydrogen) atoms. The van der Waals surface area contributed by atoms with Gasteiger partial charge in [0.25, 0.3) is 0 Å².